The minimum atomic E-state index is -0.0426. The number of fused-ring (bicyclic) bond motifs is 1. The first kappa shape index (κ1) is 14.9. The fourth-order valence-corrected chi connectivity index (χ4v) is 3.92. The summed E-state index contributed by atoms with van der Waals surface area (Å²) in [5.41, 5.74) is 3.22. The van der Waals surface area contributed by atoms with Gasteiger partial charge in [-0.3, -0.25) is 4.57 Å². The molecule has 0 saturated heterocycles. The molecule has 128 valence electrons. The monoisotopic (exact) mass is 334 g/mol. The first-order valence-corrected chi connectivity index (χ1v) is 9.27. The summed E-state index contributed by atoms with van der Waals surface area (Å²) < 4.78 is 3.46. The van der Waals surface area contributed by atoms with Crippen LogP contribution in [0.2, 0.25) is 0 Å². The molecule has 5 heteroatoms. The third kappa shape index (κ3) is 2.25. The van der Waals surface area contributed by atoms with Crippen LogP contribution in [-0.2, 0) is 7.05 Å². The van der Waals surface area contributed by atoms with Gasteiger partial charge in [-0.15, -0.1) is 0 Å². The first-order valence-electron chi connectivity index (χ1n) is 9.27. The van der Waals surface area contributed by atoms with Crippen LogP contribution in [0.5, 0.6) is 0 Å². The highest BCUT2D eigenvalue weighted by Crippen LogP contribution is 2.37. The Morgan fingerprint density at radius 2 is 1.76 bits per heavy atom. The van der Waals surface area contributed by atoms with E-state index in [4.69, 9.17) is 4.98 Å². The number of rotatable bonds is 3. The Bertz CT molecular complexity index is 1010. The molecular formula is C20H22N4O. The molecule has 0 bridgehead atoms. The largest absolute Gasteiger partial charge is 0.334 e. The molecule has 0 atom stereocenters. The molecule has 2 aromatic heterocycles. The standard InChI is InChI=1S/C20H22N4O/c1-23-17-12-15(13-4-2-5-13)8-9-16(17)24(20(23)25)18-10-11-21-19(22-18)14-6-3-7-14/h8-14H,2-7H2,1H3. The molecule has 2 saturated carbocycles. The zero-order valence-electron chi connectivity index (χ0n) is 14.5. The van der Waals surface area contributed by atoms with Crippen molar-refractivity contribution in [1.82, 2.24) is 19.1 Å². The van der Waals surface area contributed by atoms with Gasteiger partial charge in [0.05, 0.1) is 11.0 Å². The van der Waals surface area contributed by atoms with Crippen LogP contribution < -0.4 is 5.69 Å². The van der Waals surface area contributed by atoms with Crippen LogP contribution in [0.1, 0.15) is 61.7 Å². The van der Waals surface area contributed by atoms with Gasteiger partial charge in [-0.05, 0) is 55.4 Å². The van der Waals surface area contributed by atoms with E-state index in [1.165, 1.54) is 31.2 Å². The SMILES string of the molecule is Cn1c(=O)n(-c2ccnc(C3CCC3)n2)c2ccc(C3CCC3)cc21. The molecule has 0 amide bonds. The molecule has 2 aliphatic carbocycles. The van der Waals surface area contributed by atoms with Gasteiger partial charge in [0.2, 0.25) is 0 Å². The smallest absolute Gasteiger partial charge is 0.295 e. The fourth-order valence-electron chi connectivity index (χ4n) is 3.92. The van der Waals surface area contributed by atoms with E-state index >= 15 is 0 Å². The number of aryl methyl sites for hydroxylation is 1. The van der Waals surface area contributed by atoms with E-state index < -0.39 is 0 Å². The topological polar surface area (TPSA) is 52.7 Å². The van der Waals surface area contributed by atoms with Gasteiger partial charge in [0.25, 0.3) is 0 Å². The molecule has 2 aliphatic rings. The lowest BCUT2D eigenvalue weighted by Gasteiger charge is -2.25. The van der Waals surface area contributed by atoms with Gasteiger partial charge in [-0.2, -0.15) is 0 Å². The van der Waals surface area contributed by atoms with E-state index in [1.54, 1.807) is 15.3 Å². The van der Waals surface area contributed by atoms with Gasteiger partial charge < -0.3 is 0 Å². The number of benzene rings is 1. The number of hydrogen-bond acceptors (Lipinski definition) is 3. The van der Waals surface area contributed by atoms with E-state index in [-0.39, 0.29) is 5.69 Å². The van der Waals surface area contributed by atoms with Crippen molar-refractivity contribution in [2.75, 3.05) is 0 Å². The number of nitrogens with zero attached hydrogens (tertiary/aromatic N) is 4. The normalized spacial score (nSPS) is 18.3. The lowest BCUT2D eigenvalue weighted by atomic mass is 9.80. The molecule has 0 N–H and O–H groups in total. The summed E-state index contributed by atoms with van der Waals surface area (Å²) in [6, 6.07) is 8.28. The maximum Gasteiger partial charge on any atom is 0.334 e. The minimum Gasteiger partial charge on any atom is -0.295 e. The second kappa shape index (κ2) is 5.55. The number of imidazole rings is 1. The zero-order chi connectivity index (χ0) is 17.0. The molecule has 0 unspecified atom stereocenters. The van der Waals surface area contributed by atoms with Crippen molar-refractivity contribution in [3.05, 3.63) is 52.3 Å². The van der Waals surface area contributed by atoms with Crippen LogP contribution in [0.3, 0.4) is 0 Å². The van der Waals surface area contributed by atoms with Gasteiger partial charge >= 0.3 is 5.69 Å². The summed E-state index contributed by atoms with van der Waals surface area (Å²) in [5, 5.41) is 0. The minimum absolute atomic E-state index is 0.0426. The lowest BCUT2D eigenvalue weighted by Crippen LogP contribution is -2.22. The molecule has 5 rings (SSSR count). The summed E-state index contributed by atoms with van der Waals surface area (Å²) in [5.74, 6) is 2.67. The number of aromatic nitrogens is 4. The van der Waals surface area contributed by atoms with E-state index in [1.807, 2.05) is 13.1 Å². The highest BCUT2D eigenvalue weighted by atomic mass is 16.1. The van der Waals surface area contributed by atoms with E-state index in [2.05, 4.69) is 23.2 Å². The van der Waals surface area contributed by atoms with Gasteiger partial charge in [0.1, 0.15) is 11.6 Å². The van der Waals surface area contributed by atoms with E-state index in [9.17, 15) is 4.79 Å². The maximum atomic E-state index is 12.9. The highest BCUT2D eigenvalue weighted by Gasteiger charge is 2.24. The molecule has 0 radical (unpaired) electrons. The summed E-state index contributed by atoms with van der Waals surface area (Å²) in [7, 11) is 1.85. The van der Waals surface area contributed by atoms with Crippen LogP contribution >= 0.6 is 0 Å². The van der Waals surface area contributed by atoms with Gasteiger partial charge in [-0.25, -0.2) is 19.3 Å². The molecule has 0 spiro atoms. The summed E-state index contributed by atoms with van der Waals surface area (Å²) in [4.78, 5) is 22.0. The second-order valence-electron chi connectivity index (χ2n) is 7.45. The van der Waals surface area contributed by atoms with Crippen molar-refractivity contribution in [2.45, 2.75) is 50.4 Å². The Hall–Kier alpha value is -2.43. The molecule has 3 aromatic rings. The lowest BCUT2D eigenvalue weighted by molar-refractivity contribution is 0.401. The quantitative estimate of drug-likeness (QED) is 0.734. The molecule has 1 aromatic carbocycles. The molecule has 5 nitrogen and oxygen atoms in total. The Balaban J connectivity index is 1.65. The Morgan fingerprint density at radius 3 is 2.44 bits per heavy atom. The molecule has 2 fully saturated rings. The maximum absolute atomic E-state index is 12.9. The zero-order valence-corrected chi connectivity index (χ0v) is 14.5. The third-order valence-corrected chi connectivity index (χ3v) is 6.02. The summed E-state index contributed by atoms with van der Waals surface area (Å²) >= 11 is 0. The van der Waals surface area contributed by atoms with Crippen molar-refractivity contribution in [3.63, 3.8) is 0 Å². The van der Waals surface area contributed by atoms with E-state index in [0.717, 1.165) is 29.7 Å². The predicted octanol–water partition coefficient (Wildman–Crippen LogP) is 3.65. The van der Waals surface area contributed by atoms with Crippen LogP contribution in [0, 0.1) is 0 Å². The highest BCUT2D eigenvalue weighted by molar-refractivity contribution is 5.78. The molecule has 2 heterocycles. The van der Waals surface area contributed by atoms with Crippen molar-refractivity contribution < 1.29 is 0 Å². The Kier molecular flexibility index (Phi) is 3.30. The van der Waals surface area contributed by atoms with Gasteiger partial charge in [-0.1, -0.05) is 18.9 Å². The Morgan fingerprint density at radius 1 is 1.00 bits per heavy atom. The van der Waals surface area contributed by atoms with Crippen molar-refractivity contribution in [2.24, 2.45) is 7.05 Å². The average molecular weight is 334 g/mol. The van der Waals surface area contributed by atoms with Gasteiger partial charge in [0, 0.05) is 19.2 Å². The number of hydrogen-bond donors (Lipinski definition) is 0. The van der Waals surface area contributed by atoms with E-state index in [0.29, 0.717) is 17.7 Å². The summed E-state index contributed by atoms with van der Waals surface area (Å²) in [6.07, 6.45) is 9.17. The van der Waals surface area contributed by atoms with Crippen LogP contribution in [-0.4, -0.2) is 19.1 Å². The van der Waals surface area contributed by atoms with Crippen LogP contribution in [0.15, 0.2) is 35.3 Å². The van der Waals surface area contributed by atoms with Crippen molar-refractivity contribution in [1.29, 1.82) is 0 Å². The van der Waals surface area contributed by atoms with Crippen molar-refractivity contribution in [3.8, 4) is 5.82 Å². The van der Waals surface area contributed by atoms with Crippen LogP contribution in [0.4, 0.5) is 0 Å². The Labute approximate surface area is 146 Å². The van der Waals surface area contributed by atoms with Gasteiger partial charge in [0.15, 0.2) is 0 Å². The molecular weight excluding hydrogens is 312 g/mol. The third-order valence-electron chi connectivity index (χ3n) is 6.02. The fraction of sp³-hybridized carbons (Fsp3) is 0.450. The van der Waals surface area contributed by atoms with Crippen LogP contribution in [0.25, 0.3) is 16.9 Å². The average Bonchev–Trinajstić information content (AvgIpc) is 2.76. The molecule has 0 aliphatic heterocycles. The predicted molar refractivity (Wildman–Crippen MR) is 97.3 cm³/mol. The molecule has 25 heavy (non-hydrogen) atoms. The summed E-state index contributed by atoms with van der Waals surface area (Å²) in [6.45, 7) is 0. The van der Waals surface area contributed by atoms with Crippen molar-refractivity contribution >= 4 is 11.0 Å². The first-order chi connectivity index (χ1) is 12.2. The second-order valence-corrected chi connectivity index (χ2v) is 7.45.